The lowest BCUT2D eigenvalue weighted by Gasteiger charge is -2.60. The number of carbonyl (C=O) groups is 2. The van der Waals surface area contributed by atoms with Crippen LogP contribution in [0.2, 0.25) is 0 Å². The number of aliphatic hydroxyl groups excluding tert-OH is 2. The summed E-state index contributed by atoms with van der Waals surface area (Å²) in [7, 11) is 0. The predicted octanol–water partition coefficient (Wildman–Crippen LogP) is 2.98. The van der Waals surface area contributed by atoms with Gasteiger partial charge in [0.25, 0.3) is 0 Å². The van der Waals surface area contributed by atoms with Crippen LogP contribution in [-0.2, 0) is 14.3 Å². The van der Waals surface area contributed by atoms with Gasteiger partial charge in [-0.3, -0.25) is 9.59 Å². The third-order valence-electron chi connectivity index (χ3n) is 8.84. The number of fused-ring (bicyclic) bond motifs is 5. The number of ether oxygens (including phenoxy) is 1. The molecule has 5 nitrogen and oxygen atoms in total. The van der Waals surface area contributed by atoms with Gasteiger partial charge in [-0.25, -0.2) is 0 Å². The van der Waals surface area contributed by atoms with Crippen molar-refractivity contribution >= 4 is 23.3 Å². The maximum Gasteiger partial charge on any atom is 0.184 e. The van der Waals surface area contributed by atoms with Crippen LogP contribution in [0.5, 0.6) is 0 Å². The zero-order valence-electron chi connectivity index (χ0n) is 17.7. The largest absolute Gasteiger partial charge is 0.393 e. The molecule has 1 unspecified atom stereocenters. The van der Waals surface area contributed by atoms with Crippen LogP contribution in [0.1, 0.15) is 52.4 Å². The molecule has 0 saturated heterocycles. The number of thioether (sulfide) groups is 1. The van der Waals surface area contributed by atoms with Crippen LogP contribution in [0.3, 0.4) is 0 Å². The minimum Gasteiger partial charge on any atom is -0.393 e. The zero-order valence-corrected chi connectivity index (χ0v) is 18.5. The second kappa shape index (κ2) is 7.77. The third-order valence-corrected chi connectivity index (χ3v) is 9.21. The SMILES string of the molecule is CSCOC1C[C@@]2(C)C(=CC1=O)CC[C@@H]1[C@@H]2[C@@H](O)C[C@]2(C)[C@@H](C(=O)CO)CC[C@@H]12. The summed E-state index contributed by atoms with van der Waals surface area (Å²) in [6, 6.07) is 0. The Bertz CT molecular complexity index is 720. The van der Waals surface area contributed by atoms with Crippen molar-refractivity contribution in [1.82, 2.24) is 0 Å². The highest BCUT2D eigenvalue weighted by Crippen LogP contribution is 2.66. The summed E-state index contributed by atoms with van der Waals surface area (Å²) in [4.78, 5) is 25.0. The van der Waals surface area contributed by atoms with Crippen molar-refractivity contribution in [2.75, 3.05) is 18.8 Å². The van der Waals surface area contributed by atoms with Gasteiger partial charge in [-0.15, -0.1) is 11.8 Å². The fraction of sp³-hybridized carbons (Fsp3) is 0.826. The van der Waals surface area contributed by atoms with Crippen LogP contribution >= 0.6 is 11.8 Å². The topological polar surface area (TPSA) is 83.8 Å². The van der Waals surface area contributed by atoms with Crippen molar-refractivity contribution in [3.63, 3.8) is 0 Å². The minimum absolute atomic E-state index is 0.0644. The van der Waals surface area contributed by atoms with E-state index in [1.165, 1.54) is 5.57 Å². The average molecular weight is 423 g/mol. The molecule has 0 aromatic rings. The summed E-state index contributed by atoms with van der Waals surface area (Å²) in [5, 5.41) is 20.8. The van der Waals surface area contributed by atoms with E-state index in [2.05, 4.69) is 13.8 Å². The number of hydrogen-bond donors (Lipinski definition) is 2. The molecule has 29 heavy (non-hydrogen) atoms. The van der Waals surface area contributed by atoms with Crippen LogP contribution in [0.25, 0.3) is 0 Å². The summed E-state index contributed by atoms with van der Waals surface area (Å²) in [5.74, 6) is 1.17. The lowest BCUT2D eigenvalue weighted by atomic mass is 9.45. The maximum atomic E-state index is 12.6. The number of ketones is 2. The van der Waals surface area contributed by atoms with E-state index < -0.39 is 18.8 Å². The fourth-order valence-corrected chi connectivity index (χ4v) is 7.96. The molecule has 0 aliphatic heterocycles. The van der Waals surface area contributed by atoms with E-state index in [1.807, 2.05) is 6.26 Å². The van der Waals surface area contributed by atoms with Gasteiger partial charge in [-0.05, 0) is 79.4 Å². The van der Waals surface area contributed by atoms with Crippen molar-refractivity contribution in [3.05, 3.63) is 11.6 Å². The normalized spacial score (nSPS) is 46.5. The van der Waals surface area contributed by atoms with E-state index in [-0.39, 0.29) is 34.2 Å². The number of hydrogen-bond acceptors (Lipinski definition) is 6. The van der Waals surface area contributed by atoms with E-state index in [9.17, 15) is 19.8 Å². The Morgan fingerprint density at radius 1 is 1.28 bits per heavy atom. The number of allylic oxidation sites excluding steroid dienone is 1. The second-order valence-electron chi connectivity index (χ2n) is 10.1. The van der Waals surface area contributed by atoms with Crippen LogP contribution in [0, 0.1) is 34.5 Å². The van der Waals surface area contributed by atoms with Gasteiger partial charge < -0.3 is 14.9 Å². The predicted molar refractivity (Wildman–Crippen MR) is 112 cm³/mol. The molecule has 0 aromatic carbocycles. The van der Waals surface area contributed by atoms with Gasteiger partial charge in [0, 0.05) is 5.92 Å². The summed E-state index contributed by atoms with van der Waals surface area (Å²) in [6.45, 7) is 3.97. The molecule has 8 atom stereocenters. The van der Waals surface area contributed by atoms with Crippen molar-refractivity contribution in [2.24, 2.45) is 34.5 Å². The highest BCUT2D eigenvalue weighted by Gasteiger charge is 2.63. The Balaban J connectivity index is 1.65. The number of rotatable bonds is 5. The van der Waals surface area contributed by atoms with E-state index in [0.29, 0.717) is 30.6 Å². The first kappa shape index (κ1) is 21.5. The van der Waals surface area contributed by atoms with E-state index in [4.69, 9.17) is 4.74 Å². The number of carbonyl (C=O) groups excluding carboxylic acids is 2. The molecule has 4 aliphatic rings. The van der Waals surface area contributed by atoms with Gasteiger partial charge in [0.15, 0.2) is 11.6 Å². The van der Waals surface area contributed by atoms with E-state index in [0.717, 1.165) is 25.7 Å². The fourth-order valence-electron chi connectivity index (χ4n) is 7.66. The molecule has 6 heteroatoms. The first-order valence-corrected chi connectivity index (χ1v) is 12.3. The molecular weight excluding hydrogens is 388 g/mol. The Labute approximate surface area is 177 Å². The second-order valence-corrected chi connectivity index (χ2v) is 10.9. The van der Waals surface area contributed by atoms with Crippen molar-refractivity contribution < 1.29 is 24.5 Å². The maximum absolute atomic E-state index is 12.6. The summed E-state index contributed by atoms with van der Waals surface area (Å²) >= 11 is 1.57. The molecule has 4 aliphatic carbocycles. The van der Waals surface area contributed by atoms with Crippen molar-refractivity contribution in [2.45, 2.75) is 64.6 Å². The Hall–Kier alpha value is -0.690. The molecule has 2 N–H and O–H groups in total. The van der Waals surface area contributed by atoms with Crippen molar-refractivity contribution in [3.8, 4) is 0 Å². The lowest BCUT2D eigenvalue weighted by molar-refractivity contribution is -0.152. The van der Waals surface area contributed by atoms with Gasteiger partial charge in [0.05, 0.1) is 12.0 Å². The minimum atomic E-state index is -0.503. The standard InChI is InChI=1S/C23H34O5S/c1-22-10-20(28-12-29-3)17(25)8-13(22)4-5-14-15-6-7-16(19(27)11-24)23(15,2)9-18(26)21(14)22/h8,14-16,18,20-21,24,26H,4-7,9-12H2,1-3H3/t14-,15-,16+,18-,20?,21+,22-,23-/m0/s1. The van der Waals surface area contributed by atoms with Crippen LogP contribution < -0.4 is 0 Å². The van der Waals surface area contributed by atoms with Crippen LogP contribution in [0.4, 0.5) is 0 Å². The quantitative estimate of drug-likeness (QED) is 0.663. The van der Waals surface area contributed by atoms with E-state index in [1.54, 1.807) is 17.8 Å². The monoisotopic (exact) mass is 422 g/mol. The number of aliphatic hydroxyl groups is 2. The Kier molecular flexibility index (Phi) is 5.77. The highest BCUT2D eigenvalue weighted by molar-refractivity contribution is 7.98. The molecule has 3 fully saturated rings. The molecule has 0 bridgehead atoms. The molecule has 0 spiro atoms. The van der Waals surface area contributed by atoms with Gasteiger partial charge >= 0.3 is 0 Å². The molecule has 4 rings (SSSR count). The van der Waals surface area contributed by atoms with Crippen LogP contribution in [0.15, 0.2) is 11.6 Å². The third kappa shape index (κ3) is 3.26. The Morgan fingerprint density at radius 2 is 2.03 bits per heavy atom. The first-order chi connectivity index (χ1) is 13.8. The van der Waals surface area contributed by atoms with Gasteiger partial charge in [-0.2, -0.15) is 0 Å². The van der Waals surface area contributed by atoms with Gasteiger partial charge in [0.2, 0.25) is 0 Å². The van der Waals surface area contributed by atoms with Gasteiger partial charge in [-0.1, -0.05) is 19.4 Å². The number of Topliss-reactive ketones (excluding diaryl/α,β-unsaturated/α-hetero) is 1. The Morgan fingerprint density at radius 3 is 2.72 bits per heavy atom. The molecule has 0 aromatic heterocycles. The smallest absolute Gasteiger partial charge is 0.184 e. The summed E-state index contributed by atoms with van der Waals surface area (Å²) in [6.07, 6.45) is 7.72. The molecule has 0 amide bonds. The average Bonchev–Trinajstić information content (AvgIpc) is 3.02. The first-order valence-electron chi connectivity index (χ1n) is 10.9. The molecule has 0 heterocycles. The van der Waals surface area contributed by atoms with Gasteiger partial charge in [0.1, 0.15) is 12.7 Å². The lowest BCUT2D eigenvalue weighted by Crippen LogP contribution is -2.58. The van der Waals surface area contributed by atoms with Crippen molar-refractivity contribution in [1.29, 1.82) is 0 Å². The molecule has 0 radical (unpaired) electrons. The summed E-state index contributed by atoms with van der Waals surface area (Å²) in [5.41, 5.74) is 0.702. The molecule has 162 valence electrons. The highest BCUT2D eigenvalue weighted by atomic mass is 32.2. The molecular formula is C23H34O5S. The summed E-state index contributed by atoms with van der Waals surface area (Å²) < 4.78 is 5.86. The van der Waals surface area contributed by atoms with Crippen LogP contribution in [-0.4, -0.2) is 52.8 Å². The molecule has 3 saturated carbocycles. The van der Waals surface area contributed by atoms with E-state index >= 15 is 0 Å². The zero-order chi connectivity index (χ0) is 21.0.